The second-order valence-corrected chi connectivity index (χ2v) is 7.00. The Labute approximate surface area is 158 Å². The lowest BCUT2D eigenvalue weighted by Crippen LogP contribution is -2.20. The Morgan fingerprint density at radius 3 is 2.89 bits per heavy atom. The summed E-state index contributed by atoms with van der Waals surface area (Å²) in [4.78, 5) is 30.0. The van der Waals surface area contributed by atoms with Gasteiger partial charge in [0.05, 0.1) is 22.1 Å². The number of para-hydroxylation sites is 2. The van der Waals surface area contributed by atoms with Crippen molar-refractivity contribution >= 4 is 38.4 Å². The minimum atomic E-state index is -0.649. The molecule has 4 rings (SSSR count). The molecule has 0 N–H and O–H groups in total. The zero-order valence-corrected chi connectivity index (χ0v) is 15.2. The van der Waals surface area contributed by atoms with E-state index in [9.17, 15) is 9.59 Å². The summed E-state index contributed by atoms with van der Waals surface area (Å²) in [6.45, 7) is 2.26. The summed E-state index contributed by atoms with van der Waals surface area (Å²) in [7, 11) is 0. The highest BCUT2D eigenvalue weighted by Gasteiger charge is 2.15. The quantitative estimate of drug-likeness (QED) is 0.505. The summed E-state index contributed by atoms with van der Waals surface area (Å²) >= 11 is 1.36. The number of carbonyl (C=O) groups excluding carboxylic acids is 1. The third-order valence-corrected chi connectivity index (χ3v) is 5.30. The molecule has 132 valence electrons. The predicted octanol–water partition coefficient (Wildman–Crippen LogP) is 3.49. The molecule has 0 radical (unpaired) electrons. The second kappa shape index (κ2) is 6.71. The molecule has 2 heterocycles. The zero-order valence-electron chi connectivity index (χ0n) is 14.4. The van der Waals surface area contributed by atoms with Crippen molar-refractivity contribution in [3.05, 3.63) is 74.9 Å². The van der Waals surface area contributed by atoms with Crippen molar-refractivity contribution in [1.29, 1.82) is 0 Å². The summed E-state index contributed by atoms with van der Waals surface area (Å²) in [6.07, 6.45) is 6.67. The maximum Gasteiger partial charge on any atom is 0.286 e. The van der Waals surface area contributed by atoms with Crippen molar-refractivity contribution in [2.24, 2.45) is 4.99 Å². The monoisotopic (exact) mass is 374 g/mol. The molecule has 0 saturated carbocycles. The minimum Gasteiger partial charge on any atom is -0.463 e. The van der Waals surface area contributed by atoms with Gasteiger partial charge in [0, 0.05) is 0 Å². The third-order valence-electron chi connectivity index (χ3n) is 4.26. The highest BCUT2D eigenvalue weighted by atomic mass is 32.1. The smallest absolute Gasteiger partial charge is 0.286 e. The molecule has 0 aliphatic carbocycles. The van der Waals surface area contributed by atoms with Crippen LogP contribution in [0.4, 0.5) is 0 Å². The first-order valence-electron chi connectivity index (χ1n) is 8.22. The number of hydrogen-bond donors (Lipinski definition) is 0. The van der Waals surface area contributed by atoms with Crippen molar-refractivity contribution in [1.82, 2.24) is 4.57 Å². The number of benzene rings is 2. The van der Waals surface area contributed by atoms with Crippen LogP contribution in [0, 0.1) is 19.3 Å². The molecule has 0 unspecified atom stereocenters. The van der Waals surface area contributed by atoms with Gasteiger partial charge in [-0.25, -0.2) is 0 Å². The number of amides is 1. The molecule has 27 heavy (non-hydrogen) atoms. The Morgan fingerprint density at radius 1 is 1.26 bits per heavy atom. The summed E-state index contributed by atoms with van der Waals surface area (Å²) in [5.41, 5.74) is 1.91. The molecule has 0 aliphatic heterocycles. The van der Waals surface area contributed by atoms with Gasteiger partial charge in [-0.3, -0.25) is 9.59 Å². The number of rotatable bonds is 2. The SMILES string of the molecule is C#CCn1c(=NC(=O)c2coc3ccccc3c2=O)sc2cccc(C)c21. The van der Waals surface area contributed by atoms with E-state index in [0.29, 0.717) is 15.8 Å². The van der Waals surface area contributed by atoms with E-state index >= 15 is 0 Å². The van der Waals surface area contributed by atoms with Crippen molar-refractivity contribution in [2.45, 2.75) is 13.5 Å². The minimum absolute atomic E-state index is 0.102. The van der Waals surface area contributed by atoms with E-state index < -0.39 is 11.3 Å². The van der Waals surface area contributed by atoms with Crippen LogP contribution in [0.1, 0.15) is 15.9 Å². The van der Waals surface area contributed by atoms with Crippen LogP contribution in [-0.2, 0) is 6.54 Å². The zero-order chi connectivity index (χ0) is 19.0. The Bertz CT molecular complexity index is 1370. The van der Waals surface area contributed by atoms with Crippen LogP contribution in [0.2, 0.25) is 0 Å². The normalized spacial score (nSPS) is 11.8. The van der Waals surface area contributed by atoms with Crippen LogP contribution in [-0.4, -0.2) is 10.5 Å². The lowest BCUT2D eigenvalue weighted by molar-refractivity contribution is 0.0995. The fourth-order valence-corrected chi connectivity index (χ4v) is 4.11. The lowest BCUT2D eigenvalue weighted by Gasteiger charge is -2.02. The van der Waals surface area contributed by atoms with Crippen LogP contribution in [0.3, 0.4) is 0 Å². The number of thiazole rings is 1. The summed E-state index contributed by atoms with van der Waals surface area (Å²) in [5, 5.41) is 0.349. The molecule has 1 amide bonds. The first kappa shape index (κ1) is 17.0. The molecular formula is C21H14N2O3S. The van der Waals surface area contributed by atoms with E-state index in [-0.39, 0.29) is 12.1 Å². The number of aryl methyl sites for hydroxylation is 1. The molecular weight excluding hydrogens is 360 g/mol. The molecule has 5 nitrogen and oxygen atoms in total. The number of fused-ring (bicyclic) bond motifs is 2. The molecule has 2 aromatic heterocycles. The summed E-state index contributed by atoms with van der Waals surface area (Å²) in [6, 6.07) is 12.7. The average Bonchev–Trinajstić information content (AvgIpc) is 3.01. The van der Waals surface area contributed by atoms with Crippen LogP contribution < -0.4 is 10.2 Å². The Hall–Kier alpha value is -3.43. The number of hydrogen-bond acceptors (Lipinski definition) is 4. The molecule has 6 heteroatoms. The first-order valence-corrected chi connectivity index (χ1v) is 9.04. The first-order chi connectivity index (χ1) is 13.1. The van der Waals surface area contributed by atoms with Crippen molar-refractivity contribution in [3.63, 3.8) is 0 Å². The van der Waals surface area contributed by atoms with E-state index in [1.54, 1.807) is 24.3 Å². The molecule has 0 fully saturated rings. The van der Waals surface area contributed by atoms with Gasteiger partial charge in [0.25, 0.3) is 5.91 Å². The van der Waals surface area contributed by atoms with Gasteiger partial charge in [-0.1, -0.05) is 41.5 Å². The fraction of sp³-hybridized carbons (Fsp3) is 0.0952. The lowest BCUT2D eigenvalue weighted by atomic mass is 10.1. The van der Waals surface area contributed by atoms with Crippen LogP contribution in [0.25, 0.3) is 21.2 Å². The van der Waals surface area contributed by atoms with E-state index in [0.717, 1.165) is 15.8 Å². The largest absolute Gasteiger partial charge is 0.463 e. The van der Waals surface area contributed by atoms with E-state index in [1.165, 1.54) is 17.6 Å². The number of terminal acetylenes is 1. The van der Waals surface area contributed by atoms with Gasteiger partial charge in [0.15, 0.2) is 4.80 Å². The van der Waals surface area contributed by atoms with Crippen molar-refractivity contribution < 1.29 is 9.21 Å². The maximum absolute atomic E-state index is 12.7. The van der Waals surface area contributed by atoms with Gasteiger partial charge in [-0.2, -0.15) is 4.99 Å². The number of nitrogens with zero attached hydrogens (tertiary/aromatic N) is 2. The molecule has 2 aromatic carbocycles. The van der Waals surface area contributed by atoms with Gasteiger partial charge in [-0.15, -0.1) is 6.42 Å². The van der Waals surface area contributed by atoms with Gasteiger partial charge in [-0.05, 0) is 30.7 Å². The Morgan fingerprint density at radius 2 is 2.07 bits per heavy atom. The molecule has 0 bridgehead atoms. The Balaban J connectivity index is 1.92. The van der Waals surface area contributed by atoms with Gasteiger partial charge >= 0.3 is 0 Å². The predicted molar refractivity (Wildman–Crippen MR) is 106 cm³/mol. The average molecular weight is 374 g/mol. The second-order valence-electron chi connectivity index (χ2n) is 5.99. The van der Waals surface area contributed by atoms with E-state index in [4.69, 9.17) is 10.8 Å². The van der Waals surface area contributed by atoms with Crippen molar-refractivity contribution in [3.8, 4) is 12.3 Å². The summed E-state index contributed by atoms with van der Waals surface area (Å²) in [5.74, 6) is 1.95. The standard InChI is InChI=1S/C21H14N2O3S/c1-3-11-23-18-13(2)7-6-10-17(18)27-21(23)22-20(25)15-12-26-16-9-5-4-8-14(16)19(15)24/h1,4-10,12H,11H2,2H3. The van der Waals surface area contributed by atoms with Crippen LogP contribution >= 0.6 is 11.3 Å². The van der Waals surface area contributed by atoms with Gasteiger partial charge in [0.1, 0.15) is 17.4 Å². The van der Waals surface area contributed by atoms with Gasteiger partial charge < -0.3 is 8.98 Å². The highest BCUT2D eigenvalue weighted by molar-refractivity contribution is 7.16. The van der Waals surface area contributed by atoms with Crippen LogP contribution in [0.15, 0.2) is 62.9 Å². The summed E-state index contributed by atoms with van der Waals surface area (Å²) < 4.78 is 8.21. The maximum atomic E-state index is 12.7. The molecule has 0 aliphatic rings. The molecule has 0 spiro atoms. The van der Waals surface area contributed by atoms with Crippen LogP contribution in [0.5, 0.6) is 0 Å². The highest BCUT2D eigenvalue weighted by Crippen LogP contribution is 2.21. The van der Waals surface area contributed by atoms with E-state index in [1.807, 2.05) is 29.7 Å². The molecule has 0 atom stereocenters. The Kier molecular flexibility index (Phi) is 4.22. The number of carbonyl (C=O) groups is 1. The molecule has 0 saturated heterocycles. The molecule has 4 aromatic rings. The third kappa shape index (κ3) is 2.88. The van der Waals surface area contributed by atoms with Gasteiger partial charge in [0.2, 0.25) is 5.43 Å². The fourth-order valence-electron chi connectivity index (χ4n) is 3.00. The van der Waals surface area contributed by atoms with E-state index in [2.05, 4.69) is 10.9 Å². The van der Waals surface area contributed by atoms with Crippen molar-refractivity contribution in [2.75, 3.05) is 0 Å². The number of aromatic nitrogens is 1. The topological polar surface area (TPSA) is 64.6 Å².